The van der Waals surface area contributed by atoms with Gasteiger partial charge >= 0.3 is 5.97 Å². The molecule has 0 fully saturated rings. The van der Waals surface area contributed by atoms with Crippen molar-refractivity contribution in [3.05, 3.63) is 47.4 Å². The summed E-state index contributed by atoms with van der Waals surface area (Å²) in [5, 5.41) is 12.1. The molecule has 2 heterocycles. The highest BCUT2D eigenvalue weighted by molar-refractivity contribution is 7.22. The van der Waals surface area contributed by atoms with Crippen molar-refractivity contribution in [2.75, 3.05) is 5.32 Å². The van der Waals surface area contributed by atoms with Gasteiger partial charge in [0, 0.05) is 0 Å². The van der Waals surface area contributed by atoms with Gasteiger partial charge in [0.2, 0.25) is 0 Å². The van der Waals surface area contributed by atoms with Crippen LogP contribution in [-0.4, -0.2) is 22.0 Å². The van der Waals surface area contributed by atoms with Crippen LogP contribution in [0.5, 0.6) is 0 Å². The van der Waals surface area contributed by atoms with Gasteiger partial charge in [-0.2, -0.15) is 0 Å². The van der Waals surface area contributed by atoms with E-state index in [1.807, 2.05) is 0 Å². The smallest absolute Gasteiger partial charge is 0.335 e. The standard InChI is InChI=1S/C14H10N2O4S/c1-7-9(4-5-20-7)12(17)16-14-15-10-3-2-8(13(18)19)6-11(10)21-14/h2-6H,1H3,(H,18,19)(H,15,16,17). The Morgan fingerprint density at radius 1 is 1.33 bits per heavy atom. The minimum absolute atomic E-state index is 0.190. The highest BCUT2D eigenvalue weighted by atomic mass is 32.1. The number of carbonyl (C=O) groups is 2. The summed E-state index contributed by atoms with van der Waals surface area (Å²) in [7, 11) is 0. The van der Waals surface area contributed by atoms with Gasteiger partial charge < -0.3 is 9.52 Å². The second kappa shape index (κ2) is 5.02. The molecule has 0 atom stereocenters. The fourth-order valence-electron chi connectivity index (χ4n) is 1.90. The van der Waals surface area contributed by atoms with Gasteiger partial charge in [-0.15, -0.1) is 0 Å². The van der Waals surface area contributed by atoms with Crippen LogP contribution in [0, 0.1) is 6.92 Å². The predicted octanol–water partition coefficient (Wildman–Crippen LogP) is 3.15. The number of nitrogens with one attached hydrogen (secondary N) is 1. The molecule has 6 nitrogen and oxygen atoms in total. The van der Waals surface area contributed by atoms with E-state index in [1.165, 1.54) is 29.7 Å². The van der Waals surface area contributed by atoms with Crippen LogP contribution in [0.2, 0.25) is 0 Å². The lowest BCUT2D eigenvalue weighted by Crippen LogP contribution is -2.11. The molecule has 2 aromatic heterocycles. The summed E-state index contributed by atoms with van der Waals surface area (Å²) >= 11 is 1.22. The summed E-state index contributed by atoms with van der Waals surface area (Å²) in [5.74, 6) is -0.773. The molecule has 21 heavy (non-hydrogen) atoms. The Labute approximate surface area is 123 Å². The van der Waals surface area contributed by atoms with Gasteiger partial charge in [0.25, 0.3) is 5.91 Å². The predicted molar refractivity (Wildman–Crippen MR) is 78.0 cm³/mol. The summed E-state index contributed by atoms with van der Waals surface area (Å²) < 4.78 is 5.78. The van der Waals surface area contributed by atoms with E-state index in [9.17, 15) is 9.59 Å². The lowest BCUT2D eigenvalue weighted by Gasteiger charge is -1.98. The summed E-state index contributed by atoms with van der Waals surface area (Å²) in [6, 6.07) is 6.22. The molecular formula is C14H10N2O4S. The monoisotopic (exact) mass is 302 g/mol. The minimum Gasteiger partial charge on any atom is -0.478 e. The summed E-state index contributed by atoms with van der Waals surface area (Å²) in [6.45, 7) is 1.70. The van der Waals surface area contributed by atoms with E-state index in [0.29, 0.717) is 26.7 Å². The van der Waals surface area contributed by atoms with Crippen molar-refractivity contribution in [3.63, 3.8) is 0 Å². The largest absolute Gasteiger partial charge is 0.478 e. The number of benzene rings is 1. The molecular weight excluding hydrogens is 292 g/mol. The first-order valence-corrected chi connectivity index (χ1v) is 6.85. The molecule has 1 aromatic carbocycles. The molecule has 0 saturated heterocycles. The van der Waals surface area contributed by atoms with Gasteiger partial charge in [0.15, 0.2) is 5.13 Å². The van der Waals surface area contributed by atoms with E-state index in [1.54, 1.807) is 19.1 Å². The fraction of sp³-hybridized carbons (Fsp3) is 0.0714. The van der Waals surface area contributed by atoms with Crippen LogP contribution in [-0.2, 0) is 0 Å². The van der Waals surface area contributed by atoms with Gasteiger partial charge in [-0.1, -0.05) is 11.3 Å². The Bertz CT molecular complexity index is 850. The second-order valence-electron chi connectivity index (χ2n) is 4.35. The number of aryl methyl sites for hydroxylation is 1. The SMILES string of the molecule is Cc1occc1C(=O)Nc1nc2ccc(C(=O)O)cc2s1. The van der Waals surface area contributed by atoms with E-state index < -0.39 is 5.97 Å². The lowest BCUT2D eigenvalue weighted by molar-refractivity contribution is 0.0697. The van der Waals surface area contributed by atoms with Gasteiger partial charge in [0.05, 0.1) is 27.6 Å². The quantitative estimate of drug-likeness (QED) is 0.775. The zero-order valence-corrected chi connectivity index (χ0v) is 11.7. The number of amides is 1. The van der Waals surface area contributed by atoms with Crippen LogP contribution in [0.1, 0.15) is 26.5 Å². The third kappa shape index (κ3) is 2.50. The molecule has 0 aliphatic heterocycles. The van der Waals surface area contributed by atoms with Gasteiger partial charge in [-0.3, -0.25) is 10.1 Å². The Kier molecular flexibility index (Phi) is 3.19. The van der Waals surface area contributed by atoms with E-state index in [0.717, 1.165) is 0 Å². The number of hydrogen-bond acceptors (Lipinski definition) is 5. The molecule has 3 aromatic rings. The molecule has 0 spiro atoms. The van der Waals surface area contributed by atoms with Crippen LogP contribution in [0.4, 0.5) is 5.13 Å². The molecule has 1 amide bonds. The number of anilines is 1. The maximum Gasteiger partial charge on any atom is 0.335 e. The van der Waals surface area contributed by atoms with Crippen molar-refractivity contribution in [1.29, 1.82) is 0 Å². The van der Waals surface area contributed by atoms with Crippen molar-refractivity contribution in [3.8, 4) is 0 Å². The number of carboxylic acids is 1. The summed E-state index contributed by atoms with van der Waals surface area (Å²) in [4.78, 5) is 27.2. The number of aromatic nitrogens is 1. The van der Waals surface area contributed by atoms with Crippen LogP contribution in [0.25, 0.3) is 10.2 Å². The first-order valence-electron chi connectivity index (χ1n) is 6.04. The molecule has 0 saturated carbocycles. The topological polar surface area (TPSA) is 92.4 Å². The number of carbonyl (C=O) groups excluding carboxylic acids is 1. The molecule has 0 bridgehead atoms. The maximum atomic E-state index is 12.0. The first-order chi connectivity index (χ1) is 10.0. The van der Waals surface area contributed by atoms with Crippen LogP contribution >= 0.6 is 11.3 Å². The number of furan rings is 1. The maximum absolute atomic E-state index is 12.0. The Hall–Kier alpha value is -2.67. The molecule has 3 rings (SSSR count). The first kappa shape index (κ1) is 13.3. The van der Waals surface area contributed by atoms with Crippen LogP contribution in [0.15, 0.2) is 34.9 Å². The van der Waals surface area contributed by atoms with E-state index in [-0.39, 0.29) is 11.5 Å². The average molecular weight is 302 g/mol. The Morgan fingerprint density at radius 3 is 2.81 bits per heavy atom. The molecule has 0 radical (unpaired) electrons. The molecule has 106 valence electrons. The number of thiazole rings is 1. The number of nitrogens with zero attached hydrogens (tertiary/aromatic N) is 1. The number of aromatic carboxylic acids is 1. The third-order valence-electron chi connectivity index (χ3n) is 2.96. The summed E-state index contributed by atoms with van der Waals surface area (Å²) in [6.07, 6.45) is 1.45. The highest BCUT2D eigenvalue weighted by Gasteiger charge is 2.14. The van der Waals surface area contributed by atoms with Gasteiger partial charge in [-0.25, -0.2) is 9.78 Å². The number of rotatable bonds is 3. The van der Waals surface area contributed by atoms with E-state index >= 15 is 0 Å². The highest BCUT2D eigenvalue weighted by Crippen LogP contribution is 2.27. The van der Waals surface area contributed by atoms with Crippen molar-refractivity contribution < 1.29 is 19.1 Å². The van der Waals surface area contributed by atoms with Crippen LogP contribution < -0.4 is 5.32 Å². The van der Waals surface area contributed by atoms with E-state index in [4.69, 9.17) is 9.52 Å². The van der Waals surface area contributed by atoms with Crippen molar-refractivity contribution in [2.24, 2.45) is 0 Å². The molecule has 0 aliphatic rings. The van der Waals surface area contributed by atoms with Gasteiger partial charge in [0.1, 0.15) is 5.76 Å². The molecule has 0 unspecified atom stereocenters. The third-order valence-corrected chi connectivity index (χ3v) is 3.89. The summed E-state index contributed by atoms with van der Waals surface area (Å²) in [5.41, 5.74) is 1.28. The zero-order chi connectivity index (χ0) is 15.0. The van der Waals surface area contributed by atoms with Crippen molar-refractivity contribution >= 4 is 38.6 Å². The second-order valence-corrected chi connectivity index (χ2v) is 5.38. The van der Waals surface area contributed by atoms with Crippen molar-refractivity contribution in [2.45, 2.75) is 6.92 Å². The average Bonchev–Trinajstić information content (AvgIpc) is 3.02. The van der Waals surface area contributed by atoms with Crippen molar-refractivity contribution in [1.82, 2.24) is 4.98 Å². The lowest BCUT2D eigenvalue weighted by atomic mass is 10.2. The molecule has 0 aliphatic carbocycles. The van der Waals surface area contributed by atoms with Gasteiger partial charge in [-0.05, 0) is 31.2 Å². The van der Waals surface area contributed by atoms with E-state index in [2.05, 4.69) is 10.3 Å². The molecule has 7 heteroatoms. The Balaban J connectivity index is 1.89. The van der Waals surface area contributed by atoms with Crippen LogP contribution in [0.3, 0.4) is 0 Å². The zero-order valence-electron chi connectivity index (χ0n) is 10.9. The minimum atomic E-state index is -0.995. The number of carboxylic acid groups (broad SMARTS) is 1. The normalized spacial score (nSPS) is 10.7. The Morgan fingerprint density at radius 2 is 2.14 bits per heavy atom. The molecule has 2 N–H and O–H groups in total. The number of fused-ring (bicyclic) bond motifs is 1. The fourth-order valence-corrected chi connectivity index (χ4v) is 2.80. The number of hydrogen-bond donors (Lipinski definition) is 2.